The first-order valence-electron chi connectivity index (χ1n) is 4.56. The van der Waals surface area contributed by atoms with Crippen molar-refractivity contribution in [2.45, 2.75) is 0 Å². The van der Waals surface area contributed by atoms with Gasteiger partial charge in [0.25, 0.3) is 5.91 Å². The summed E-state index contributed by atoms with van der Waals surface area (Å²) in [6.45, 7) is 0. The lowest BCUT2D eigenvalue weighted by molar-refractivity contribution is 0.102. The average Bonchev–Trinajstić information content (AvgIpc) is 2.68. The summed E-state index contributed by atoms with van der Waals surface area (Å²) in [6, 6.07) is 3.37. The second-order valence-electron chi connectivity index (χ2n) is 3.22. The van der Waals surface area contributed by atoms with Gasteiger partial charge in [0.05, 0.1) is 12.0 Å². The molecule has 0 radical (unpaired) electrons. The van der Waals surface area contributed by atoms with Crippen LogP contribution in [0.4, 0.5) is 5.69 Å². The van der Waals surface area contributed by atoms with E-state index < -0.39 is 0 Å². The minimum Gasteiger partial charge on any atom is -0.340 e. The van der Waals surface area contributed by atoms with Crippen molar-refractivity contribution in [3.8, 4) is 0 Å². The van der Waals surface area contributed by atoms with Gasteiger partial charge in [-0.15, -0.1) is 0 Å². The summed E-state index contributed by atoms with van der Waals surface area (Å²) < 4.78 is 1.69. The first-order valence-corrected chi connectivity index (χ1v) is 4.94. The molecule has 0 aliphatic carbocycles. The van der Waals surface area contributed by atoms with Crippen molar-refractivity contribution >= 4 is 23.2 Å². The Labute approximate surface area is 97.1 Å². The van der Waals surface area contributed by atoms with Gasteiger partial charge in [0.15, 0.2) is 5.15 Å². The molecule has 0 saturated heterocycles. The number of nitrogens with zero attached hydrogens (tertiary/aromatic N) is 3. The fourth-order valence-electron chi connectivity index (χ4n) is 1.20. The maximum absolute atomic E-state index is 11.7. The number of rotatable bonds is 2. The van der Waals surface area contributed by atoms with E-state index in [2.05, 4.69) is 15.3 Å². The molecule has 2 heterocycles. The highest BCUT2D eigenvalue weighted by molar-refractivity contribution is 6.32. The molecule has 5 nitrogen and oxygen atoms in total. The molecule has 0 aliphatic rings. The van der Waals surface area contributed by atoms with Gasteiger partial charge in [0.1, 0.15) is 5.69 Å². The number of carbonyl (C=O) groups is 1. The van der Waals surface area contributed by atoms with Crippen LogP contribution in [-0.4, -0.2) is 20.4 Å². The van der Waals surface area contributed by atoms with Gasteiger partial charge in [-0.25, -0.2) is 9.97 Å². The van der Waals surface area contributed by atoms with Crippen molar-refractivity contribution in [3.05, 3.63) is 41.7 Å². The Kier molecular flexibility index (Phi) is 2.87. The van der Waals surface area contributed by atoms with Gasteiger partial charge in [-0.2, -0.15) is 0 Å². The van der Waals surface area contributed by atoms with Gasteiger partial charge in [0.2, 0.25) is 0 Å². The van der Waals surface area contributed by atoms with Crippen LogP contribution in [-0.2, 0) is 7.05 Å². The third-order valence-corrected chi connectivity index (χ3v) is 2.25. The minimum absolute atomic E-state index is 0.256. The molecule has 0 atom stereocenters. The van der Waals surface area contributed by atoms with Crippen LogP contribution in [0.2, 0.25) is 5.15 Å². The van der Waals surface area contributed by atoms with E-state index in [1.54, 1.807) is 42.5 Å². The van der Waals surface area contributed by atoms with Crippen molar-refractivity contribution in [3.63, 3.8) is 0 Å². The second-order valence-corrected chi connectivity index (χ2v) is 3.58. The normalized spacial score (nSPS) is 10.1. The number of anilines is 1. The van der Waals surface area contributed by atoms with Crippen molar-refractivity contribution < 1.29 is 4.79 Å². The van der Waals surface area contributed by atoms with Crippen LogP contribution >= 0.6 is 11.6 Å². The summed E-state index contributed by atoms with van der Waals surface area (Å²) in [5.41, 5.74) is 0.808. The van der Waals surface area contributed by atoms with E-state index in [4.69, 9.17) is 11.6 Å². The Morgan fingerprint density at radius 3 is 2.94 bits per heavy atom. The summed E-state index contributed by atoms with van der Waals surface area (Å²) in [4.78, 5) is 19.5. The number of halogens is 1. The number of pyridine rings is 1. The summed E-state index contributed by atoms with van der Waals surface area (Å²) >= 11 is 5.81. The first-order chi connectivity index (χ1) is 7.66. The molecular weight excluding hydrogens is 228 g/mol. The highest BCUT2D eigenvalue weighted by atomic mass is 35.5. The number of carbonyl (C=O) groups excluding carboxylic acids is 1. The van der Waals surface area contributed by atoms with E-state index in [1.807, 2.05) is 0 Å². The standard InChI is InChI=1S/C10H9ClN4O/c1-15-5-8(13-6-15)10(16)14-7-3-2-4-12-9(7)11/h2-6H,1H3,(H,14,16). The van der Waals surface area contributed by atoms with E-state index in [9.17, 15) is 4.79 Å². The Bertz CT molecular complexity index is 523. The molecule has 0 aromatic carbocycles. The van der Waals surface area contributed by atoms with E-state index in [0.717, 1.165) is 0 Å². The Morgan fingerprint density at radius 1 is 1.50 bits per heavy atom. The first kappa shape index (κ1) is 10.6. The Morgan fingerprint density at radius 2 is 2.31 bits per heavy atom. The van der Waals surface area contributed by atoms with E-state index in [0.29, 0.717) is 11.4 Å². The summed E-state index contributed by atoms with van der Waals surface area (Å²) in [7, 11) is 1.79. The maximum atomic E-state index is 11.7. The molecule has 16 heavy (non-hydrogen) atoms. The number of amides is 1. The van der Waals surface area contributed by atoms with Crippen LogP contribution in [0.5, 0.6) is 0 Å². The molecule has 1 amide bonds. The average molecular weight is 237 g/mol. The van der Waals surface area contributed by atoms with E-state index >= 15 is 0 Å². The highest BCUT2D eigenvalue weighted by Gasteiger charge is 2.10. The molecule has 2 aromatic heterocycles. The topological polar surface area (TPSA) is 59.8 Å². The number of hydrogen-bond acceptors (Lipinski definition) is 3. The summed E-state index contributed by atoms with van der Waals surface area (Å²) in [5.74, 6) is -0.310. The van der Waals surface area contributed by atoms with Gasteiger partial charge in [-0.1, -0.05) is 11.6 Å². The largest absolute Gasteiger partial charge is 0.340 e. The molecule has 0 bridgehead atoms. The van der Waals surface area contributed by atoms with Crippen molar-refractivity contribution in [2.75, 3.05) is 5.32 Å². The summed E-state index contributed by atoms with van der Waals surface area (Å²) in [5, 5.41) is 2.89. The van der Waals surface area contributed by atoms with Crippen LogP contribution in [0.15, 0.2) is 30.9 Å². The van der Waals surface area contributed by atoms with Crippen LogP contribution in [0.1, 0.15) is 10.5 Å². The Hall–Kier alpha value is -1.88. The van der Waals surface area contributed by atoms with Gasteiger partial charge < -0.3 is 9.88 Å². The lowest BCUT2D eigenvalue weighted by Crippen LogP contribution is -2.12. The number of aromatic nitrogens is 3. The molecule has 0 aliphatic heterocycles. The Balaban J connectivity index is 2.17. The fraction of sp³-hybridized carbons (Fsp3) is 0.100. The molecule has 2 rings (SSSR count). The smallest absolute Gasteiger partial charge is 0.275 e. The van der Waals surface area contributed by atoms with E-state index in [1.165, 1.54) is 0 Å². The van der Waals surface area contributed by atoms with Crippen molar-refractivity contribution in [1.29, 1.82) is 0 Å². The SMILES string of the molecule is Cn1cnc(C(=O)Nc2cccnc2Cl)c1. The second kappa shape index (κ2) is 4.32. The third-order valence-electron chi connectivity index (χ3n) is 1.94. The third kappa shape index (κ3) is 2.20. The lowest BCUT2D eigenvalue weighted by Gasteiger charge is -2.03. The maximum Gasteiger partial charge on any atom is 0.275 e. The quantitative estimate of drug-likeness (QED) is 0.808. The van der Waals surface area contributed by atoms with Gasteiger partial charge in [-0.05, 0) is 12.1 Å². The zero-order valence-corrected chi connectivity index (χ0v) is 9.27. The van der Waals surface area contributed by atoms with Gasteiger partial charge in [-0.3, -0.25) is 4.79 Å². The summed E-state index contributed by atoms with van der Waals surface area (Å²) in [6.07, 6.45) is 4.73. The predicted octanol–water partition coefficient (Wildman–Crippen LogP) is 1.72. The van der Waals surface area contributed by atoms with Crippen LogP contribution < -0.4 is 5.32 Å². The monoisotopic (exact) mass is 236 g/mol. The molecule has 6 heteroatoms. The number of imidazole rings is 1. The molecule has 82 valence electrons. The van der Waals surface area contributed by atoms with Gasteiger partial charge >= 0.3 is 0 Å². The minimum atomic E-state index is -0.310. The predicted molar refractivity (Wildman–Crippen MR) is 60.4 cm³/mol. The lowest BCUT2D eigenvalue weighted by atomic mass is 10.4. The van der Waals surface area contributed by atoms with Crippen LogP contribution in [0.25, 0.3) is 0 Å². The van der Waals surface area contributed by atoms with Crippen molar-refractivity contribution in [1.82, 2.24) is 14.5 Å². The highest BCUT2D eigenvalue weighted by Crippen LogP contribution is 2.17. The molecule has 0 spiro atoms. The van der Waals surface area contributed by atoms with Crippen LogP contribution in [0, 0.1) is 0 Å². The van der Waals surface area contributed by atoms with Gasteiger partial charge in [0, 0.05) is 19.4 Å². The number of nitrogens with one attached hydrogen (secondary N) is 1. The molecule has 0 unspecified atom stereocenters. The molecule has 0 fully saturated rings. The number of aryl methyl sites for hydroxylation is 1. The molecular formula is C10H9ClN4O. The molecule has 0 saturated carbocycles. The zero-order valence-electron chi connectivity index (χ0n) is 8.51. The zero-order chi connectivity index (χ0) is 11.5. The fourth-order valence-corrected chi connectivity index (χ4v) is 1.36. The van der Waals surface area contributed by atoms with Crippen LogP contribution in [0.3, 0.4) is 0 Å². The number of hydrogen-bond donors (Lipinski definition) is 1. The van der Waals surface area contributed by atoms with Crippen molar-refractivity contribution in [2.24, 2.45) is 7.05 Å². The van der Waals surface area contributed by atoms with E-state index in [-0.39, 0.29) is 11.1 Å². The molecule has 1 N–H and O–H groups in total. The molecule has 2 aromatic rings.